The first kappa shape index (κ1) is 9.02. The second-order valence-electron chi connectivity index (χ2n) is 3.11. The molecule has 1 heterocycles. The van der Waals surface area contributed by atoms with Gasteiger partial charge in [0.05, 0.1) is 6.61 Å². The van der Waals surface area contributed by atoms with E-state index in [1.54, 1.807) is 0 Å². The summed E-state index contributed by atoms with van der Waals surface area (Å²) >= 11 is 0. The fraction of sp³-hybridized carbons (Fsp3) is 0.300. The van der Waals surface area contributed by atoms with Crippen molar-refractivity contribution >= 4 is 11.6 Å². The highest BCUT2D eigenvalue weighted by Gasteiger charge is 2.10. The molecule has 1 aliphatic heterocycles. The molecule has 1 aromatic carbocycles. The molecule has 0 spiro atoms. The number of anilines is 1. The predicted molar refractivity (Wildman–Crippen MR) is 51.0 cm³/mol. The van der Waals surface area contributed by atoms with E-state index in [1.807, 2.05) is 18.2 Å². The second-order valence-corrected chi connectivity index (χ2v) is 3.11. The van der Waals surface area contributed by atoms with Crippen LogP contribution in [0.3, 0.4) is 0 Å². The Hall–Kier alpha value is -1.55. The van der Waals surface area contributed by atoms with Crippen molar-refractivity contribution in [3.05, 3.63) is 23.8 Å². The highest BCUT2D eigenvalue weighted by Crippen LogP contribution is 2.26. The third-order valence-corrected chi connectivity index (χ3v) is 1.94. The van der Waals surface area contributed by atoms with Crippen LogP contribution in [0.15, 0.2) is 18.2 Å². The lowest BCUT2D eigenvalue weighted by molar-refractivity contribution is -0.114. The Bertz CT molecular complexity index is 362. The average molecular weight is 193 g/mol. The van der Waals surface area contributed by atoms with E-state index >= 15 is 0 Å². The molecule has 0 fully saturated rings. The molecule has 1 aromatic rings. The van der Waals surface area contributed by atoms with Crippen molar-refractivity contribution in [2.24, 2.45) is 0 Å². The van der Waals surface area contributed by atoms with E-state index < -0.39 is 0 Å². The Labute approximate surface area is 81.8 Å². The van der Waals surface area contributed by atoms with E-state index in [9.17, 15) is 4.79 Å². The van der Waals surface area contributed by atoms with Gasteiger partial charge in [0.1, 0.15) is 5.75 Å². The van der Waals surface area contributed by atoms with Crippen LogP contribution >= 0.6 is 0 Å². The lowest BCUT2D eigenvalue weighted by atomic mass is 10.2. The minimum Gasteiger partial charge on any atom is -0.467 e. The number of carbonyl (C=O) groups excluding carboxylic acids is 1. The first-order valence-electron chi connectivity index (χ1n) is 4.37. The number of fused-ring (bicyclic) bond motifs is 1. The van der Waals surface area contributed by atoms with Gasteiger partial charge in [-0.25, -0.2) is 0 Å². The van der Waals surface area contributed by atoms with Gasteiger partial charge in [-0.1, -0.05) is 0 Å². The van der Waals surface area contributed by atoms with Gasteiger partial charge in [-0.3, -0.25) is 4.79 Å². The fourth-order valence-corrected chi connectivity index (χ4v) is 1.37. The number of benzene rings is 1. The minimum atomic E-state index is -0.0809. The predicted octanol–water partition coefficient (Wildman–Crippen LogP) is 1.51. The molecule has 0 radical (unpaired) electrons. The van der Waals surface area contributed by atoms with Gasteiger partial charge in [-0.15, -0.1) is 0 Å². The van der Waals surface area contributed by atoms with E-state index in [2.05, 4.69) is 5.32 Å². The Morgan fingerprint density at radius 2 is 2.36 bits per heavy atom. The molecule has 0 saturated carbocycles. The first-order valence-corrected chi connectivity index (χ1v) is 4.37. The van der Waals surface area contributed by atoms with Gasteiger partial charge in [0, 0.05) is 18.2 Å². The van der Waals surface area contributed by atoms with Crippen molar-refractivity contribution in [1.29, 1.82) is 0 Å². The highest BCUT2D eigenvalue weighted by molar-refractivity contribution is 5.88. The van der Waals surface area contributed by atoms with Crippen molar-refractivity contribution in [3.8, 4) is 5.75 Å². The van der Waals surface area contributed by atoms with Crippen LogP contribution in [-0.4, -0.2) is 12.7 Å². The summed E-state index contributed by atoms with van der Waals surface area (Å²) in [6, 6.07) is 5.50. The molecule has 14 heavy (non-hydrogen) atoms. The summed E-state index contributed by atoms with van der Waals surface area (Å²) in [6.07, 6.45) is 0. The van der Waals surface area contributed by atoms with E-state index in [0.29, 0.717) is 13.4 Å². The minimum absolute atomic E-state index is 0.0809. The number of rotatable bonds is 1. The van der Waals surface area contributed by atoms with Crippen LogP contribution in [0, 0.1) is 0 Å². The largest absolute Gasteiger partial charge is 0.467 e. The van der Waals surface area contributed by atoms with Crippen LogP contribution in [0.1, 0.15) is 12.5 Å². The third kappa shape index (κ3) is 1.85. The molecular formula is C10H11NO3. The molecule has 0 saturated heterocycles. The van der Waals surface area contributed by atoms with Gasteiger partial charge in [0.25, 0.3) is 0 Å². The Balaban J connectivity index is 2.24. The van der Waals surface area contributed by atoms with Gasteiger partial charge in [0.2, 0.25) is 5.91 Å². The molecule has 4 heteroatoms. The summed E-state index contributed by atoms with van der Waals surface area (Å²) in [5.41, 5.74) is 1.73. The van der Waals surface area contributed by atoms with Crippen molar-refractivity contribution in [1.82, 2.24) is 0 Å². The maximum atomic E-state index is 10.8. The SMILES string of the molecule is CC(=O)Nc1ccc2c(c1)COCO2. The number of hydrogen-bond acceptors (Lipinski definition) is 3. The summed E-state index contributed by atoms with van der Waals surface area (Å²) in [4.78, 5) is 10.8. The molecule has 0 aliphatic carbocycles. The van der Waals surface area contributed by atoms with Crippen LogP contribution in [0.25, 0.3) is 0 Å². The van der Waals surface area contributed by atoms with E-state index in [0.717, 1.165) is 17.0 Å². The summed E-state index contributed by atoms with van der Waals surface area (Å²) in [5.74, 6) is 0.743. The molecule has 0 aromatic heterocycles. The summed E-state index contributed by atoms with van der Waals surface area (Å²) in [7, 11) is 0. The highest BCUT2D eigenvalue weighted by atomic mass is 16.7. The average Bonchev–Trinajstić information content (AvgIpc) is 2.17. The van der Waals surface area contributed by atoms with Crippen molar-refractivity contribution in [3.63, 3.8) is 0 Å². The van der Waals surface area contributed by atoms with Gasteiger partial charge in [-0.05, 0) is 18.2 Å². The standard InChI is InChI=1S/C10H11NO3/c1-7(12)11-9-2-3-10-8(4-9)5-13-6-14-10/h2-4H,5-6H2,1H3,(H,11,12). The molecule has 0 bridgehead atoms. The van der Waals surface area contributed by atoms with E-state index in [1.165, 1.54) is 6.92 Å². The molecule has 2 rings (SSSR count). The van der Waals surface area contributed by atoms with Crippen molar-refractivity contribution in [2.45, 2.75) is 13.5 Å². The Morgan fingerprint density at radius 3 is 3.14 bits per heavy atom. The van der Waals surface area contributed by atoms with Gasteiger partial charge in [0.15, 0.2) is 6.79 Å². The van der Waals surface area contributed by atoms with Crippen molar-refractivity contribution < 1.29 is 14.3 Å². The first-order chi connectivity index (χ1) is 6.75. The molecular weight excluding hydrogens is 182 g/mol. The Kier molecular flexibility index (Phi) is 2.37. The normalized spacial score (nSPS) is 14.1. The third-order valence-electron chi connectivity index (χ3n) is 1.94. The number of carbonyl (C=O) groups is 1. The van der Waals surface area contributed by atoms with Crippen LogP contribution in [0.4, 0.5) is 5.69 Å². The molecule has 1 N–H and O–H groups in total. The zero-order valence-electron chi connectivity index (χ0n) is 7.87. The molecule has 0 unspecified atom stereocenters. The van der Waals surface area contributed by atoms with Crippen LogP contribution in [-0.2, 0) is 16.1 Å². The maximum Gasteiger partial charge on any atom is 0.221 e. The molecule has 74 valence electrons. The zero-order chi connectivity index (χ0) is 9.97. The number of nitrogens with one attached hydrogen (secondary N) is 1. The number of amides is 1. The topological polar surface area (TPSA) is 47.6 Å². The van der Waals surface area contributed by atoms with Gasteiger partial charge >= 0.3 is 0 Å². The second kappa shape index (κ2) is 3.67. The fourth-order valence-electron chi connectivity index (χ4n) is 1.37. The maximum absolute atomic E-state index is 10.8. The molecule has 0 atom stereocenters. The van der Waals surface area contributed by atoms with Crippen LogP contribution in [0.2, 0.25) is 0 Å². The number of hydrogen-bond donors (Lipinski definition) is 1. The molecule has 1 aliphatic rings. The summed E-state index contributed by atoms with van der Waals surface area (Å²) < 4.78 is 10.4. The lowest BCUT2D eigenvalue weighted by Crippen LogP contribution is -2.12. The lowest BCUT2D eigenvalue weighted by Gasteiger charge is -2.18. The molecule has 1 amide bonds. The van der Waals surface area contributed by atoms with Gasteiger partial charge in [-0.2, -0.15) is 0 Å². The quantitative estimate of drug-likeness (QED) is 0.735. The van der Waals surface area contributed by atoms with Crippen LogP contribution in [0.5, 0.6) is 5.75 Å². The summed E-state index contributed by atoms with van der Waals surface area (Å²) in [5, 5.41) is 2.70. The van der Waals surface area contributed by atoms with Crippen LogP contribution < -0.4 is 10.1 Å². The monoisotopic (exact) mass is 193 g/mol. The Morgan fingerprint density at radius 1 is 1.50 bits per heavy atom. The van der Waals surface area contributed by atoms with E-state index in [4.69, 9.17) is 9.47 Å². The van der Waals surface area contributed by atoms with Crippen molar-refractivity contribution in [2.75, 3.05) is 12.1 Å². The zero-order valence-corrected chi connectivity index (χ0v) is 7.87. The smallest absolute Gasteiger partial charge is 0.221 e. The molecule has 4 nitrogen and oxygen atoms in total. The summed E-state index contributed by atoms with van der Waals surface area (Å²) in [6.45, 7) is 2.31. The van der Waals surface area contributed by atoms with Gasteiger partial charge < -0.3 is 14.8 Å². The number of ether oxygens (including phenoxy) is 2. The van der Waals surface area contributed by atoms with E-state index in [-0.39, 0.29) is 5.91 Å².